The molecule has 1 N–H and O–H groups in total. The lowest BCUT2D eigenvalue weighted by Gasteiger charge is -2.44. The fourth-order valence-electron chi connectivity index (χ4n) is 5.59. The highest BCUT2D eigenvalue weighted by molar-refractivity contribution is 7.89. The van der Waals surface area contributed by atoms with Crippen molar-refractivity contribution in [2.45, 2.75) is 80.8 Å². The molecule has 1 aromatic carbocycles. The van der Waals surface area contributed by atoms with E-state index < -0.39 is 15.6 Å². The van der Waals surface area contributed by atoms with Gasteiger partial charge in [-0.05, 0) is 50.3 Å². The number of carbonyl (C=O) groups excluding carboxylic acids is 1. The lowest BCUT2D eigenvalue weighted by atomic mass is 9.80. The summed E-state index contributed by atoms with van der Waals surface area (Å²) >= 11 is 0. The standard InChI is InChI=1S/C23H28N4O3S/c1-16-6-5-7-18(12-16)31(29,30)26-23(10-3-2-4-11-23)22(28)27-17-8-9-21(27)19-14-24-15-25-20(19)13-17/h5-7,12,14-15,17,21,26H,2-4,8-11,13H2,1H3. The Morgan fingerprint density at radius 2 is 2.00 bits per heavy atom. The lowest BCUT2D eigenvalue weighted by Crippen LogP contribution is -2.62. The number of hydrogen-bond acceptors (Lipinski definition) is 5. The van der Waals surface area contributed by atoms with Crippen molar-refractivity contribution in [1.82, 2.24) is 19.6 Å². The Hall–Kier alpha value is -2.32. The van der Waals surface area contributed by atoms with Crippen LogP contribution in [-0.2, 0) is 21.2 Å². The zero-order valence-corrected chi connectivity index (χ0v) is 18.6. The zero-order chi connectivity index (χ0) is 21.6. The molecule has 2 aliphatic heterocycles. The number of fused-ring (bicyclic) bond motifs is 4. The Morgan fingerprint density at radius 1 is 1.19 bits per heavy atom. The van der Waals surface area contributed by atoms with Gasteiger partial charge in [-0.25, -0.2) is 18.4 Å². The van der Waals surface area contributed by atoms with Gasteiger partial charge in [0.25, 0.3) is 0 Å². The molecule has 0 spiro atoms. The third-order valence-corrected chi connectivity index (χ3v) is 8.63. The maximum absolute atomic E-state index is 14.1. The average molecular weight is 441 g/mol. The van der Waals surface area contributed by atoms with E-state index in [2.05, 4.69) is 14.7 Å². The molecule has 3 aliphatic rings. The van der Waals surface area contributed by atoms with E-state index >= 15 is 0 Å². The Kier molecular flexibility index (Phi) is 5.09. The molecule has 2 atom stereocenters. The van der Waals surface area contributed by atoms with Gasteiger partial charge in [-0.15, -0.1) is 0 Å². The number of carbonyl (C=O) groups is 1. The molecule has 7 nitrogen and oxygen atoms in total. The summed E-state index contributed by atoms with van der Waals surface area (Å²) in [6.07, 6.45) is 9.63. The Bertz CT molecular complexity index is 1110. The van der Waals surface area contributed by atoms with Gasteiger partial charge in [0.05, 0.1) is 16.6 Å². The van der Waals surface area contributed by atoms with Gasteiger partial charge in [0.1, 0.15) is 11.9 Å². The van der Waals surface area contributed by atoms with Crippen molar-refractivity contribution in [2.24, 2.45) is 0 Å². The molecule has 1 aliphatic carbocycles. The highest BCUT2D eigenvalue weighted by Crippen LogP contribution is 2.45. The monoisotopic (exact) mass is 440 g/mol. The quantitative estimate of drug-likeness (QED) is 0.789. The molecule has 2 fully saturated rings. The maximum Gasteiger partial charge on any atom is 0.244 e. The molecular weight excluding hydrogens is 412 g/mol. The SMILES string of the molecule is Cc1cccc(S(=O)(=O)NC2(C(=O)N3C4CCC3c3cncnc3C4)CCCCC2)c1. The summed E-state index contributed by atoms with van der Waals surface area (Å²) in [4.78, 5) is 24.9. The molecule has 0 radical (unpaired) electrons. The minimum Gasteiger partial charge on any atom is -0.331 e. The Morgan fingerprint density at radius 3 is 2.77 bits per heavy atom. The third-order valence-electron chi connectivity index (χ3n) is 7.10. The van der Waals surface area contributed by atoms with Crippen molar-refractivity contribution in [1.29, 1.82) is 0 Å². The summed E-state index contributed by atoms with van der Waals surface area (Å²) in [6.45, 7) is 1.87. The number of sulfonamides is 1. The molecule has 1 amide bonds. The first-order valence-corrected chi connectivity index (χ1v) is 12.6. The topological polar surface area (TPSA) is 92.3 Å². The van der Waals surface area contributed by atoms with Crippen molar-refractivity contribution in [2.75, 3.05) is 0 Å². The van der Waals surface area contributed by atoms with E-state index in [9.17, 15) is 13.2 Å². The normalized spacial score (nSPS) is 24.6. The second-order valence-corrected chi connectivity index (χ2v) is 10.8. The van der Waals surface area contributed by atoms with Crippen molar-refractivity contribution >= 4 is 15.9 Å². The van der Waals surface area contributed by atoms with Crippen LogP contribution >= 0.6 is 0 Å². The first-order chi connectivity index (χ1) is 14.9. The highest BCUT2D eigenvalue weighted by atomic mass is 32.2. The smallest absolute Gasteiger partial charge is 0.244 e. The summed E-state index contributed by atoms with van der Waals surface area (Å²) in [5, 5.41) is 0. The predicted molar refractivity (Wildman–Crippen MR) is 116 cm³/mol. The molecule has 1 saturated carbocycles. The Balaban J connectivity index is 1.50. The minimum atomic E-state index is -3.82. The van der Waals surface area contributed by atoms with Gasteiger partial charge in [-0.1, -0.05) is 31.4 Å². The van der Waals surface area contributed by atoms with Crippen LogP contribution in [-0.4, -0.2) is 40.8 Å². The summed E-state index contributed by atoms with van der Waals surface area (Å²) in [6, 6.07) is 6.86. The van der Waals surface area contributed by atoms with Gasteiger partial charge < -0.3 is 4.90 Å². The average Bonchev–Trinajstić information content (AvgIpc) is 3.07. The van der Waals surface area contributed by atoms with E-state index in [-0.39, 0.29) is 22.9 Å². The van der Waals surface area contributed by atoms with Gasteiger partial charge in [0, 0.05) is 24.2 Å². The fraction of sp³-hybridized carbons (Fsp3) is 0.522. The second kappa shape index (κ2) is 7.67. The van der Waals surface area contributed by atoms with Gasteiger partial charge >= 0.3 is 0 Å². The van der Waals surface area contributed by atoms with Crippen molar-refractivity contribution in [3.8, 4) is 0 Å². The minimum absolute atomic E-state index is 0.0651. The van der Waals surface area contributed by atoms with Crippen molar-refractivity contribution in [3.63, 3.8) is 0 Å². The molecule has 5 rings (SSSR count). The Labute approximate surface area is 183 Å². The predicted octanol–water partition coefficient (Wildman–Crippen LogP) is 3.05. The molecule has 164 valence electrons. The van der Waals surface area contributed by atoms with Crippen LogP contribution in [0, 0.1) is 6.92 Å². The van der Waals surface area contributed by atoms with Crippen LogP contribution in [0.5, 0.6) is 0 Å². The highest BCUT2D eigenvalue weighted by Gasteiger charge is 2.52. The summed E-state index contributed by atoms with van der Waals surface area (Å²) < 4.78 is 29.5. The van der Waals surface area contributed by atoms with Gasteiger partial charge in [0.15, 0.2) is 0 Å². The molecule has 8 heteroatoms. The molecule has 2 bridgehead atoms. The first kappa shape index (κ1) is 20.6. The van der Waals surface area contributed by atoms with Crippen LogP contribution < -0.4 is 4.72 Å². The summed E-state index contributed by atoms with van der Waals surface area (Å²) in [5.41, 5.74) is 1.81. The van der Waals surface area contributed by atoms with Crippen LogP contribution in [0.25, 0.3) is 0 Å². The maximum atomic E-state index is 14.1. The number of aryl methyl sites for hydroxylation is 1. The largest absolute Gasteiger partial charge is 0.331 e. The van der Waals surface area contributed by atoms with E-state index in [0.717, 1.165) is 48.9 Å². The van der Waals surface area contributed by atoms with E-state index in [1.54, 1.807) is 24.5 Å². The molecule has 1 saturated heterocycles. The number of amides is 1. The molecule has 1 aromatic heterocycles. The zero-order valence-electron chi connectivity index (χ0n) is 17.8. The van der Waals surface area contributed by atoms with Crippen LogP contribution in [0.2, 0.25) is 0 Å². The van der Waals surface area contributed by atoms with Crippen molar-refractivity contribution in [3.05, 3.63) is 53.6 Å². The molecular formula is C23H28N4O3S. The second-order valence-electron chi connectivity index (χ2n) is 9.15. The number of hydrogen-bond donors (Lipinski definition) is 1. The number of nitrogens with zero attached hydrogens (tertiary/aromatic N) is 3. The van der Waals surface area contributed by atoms with Gasteiger partial charge in [-0.2, -0.15) is 4.72 Å². The van der Waals surface area contributed by atoms with Crippen LogP contribution in [0.4, 0.5) is 0 Å². The number of rotatable bonds is 4. The molecule has 3 heterocycles. The fourth-order valence-corrected chi connectivity index (χ4v) is 7.12. The van der Waals surface area contributed by atoms with Gasteiger partial charge in [0.2, 0.25) is 15.9 Å². The molecule has 31 heavy (non-hydrogen) atoms. The first-order valence-electron chi connectivity index (χ1n) is 11.1. The van der Waals surface area contributed by atoms with E-state index in [1.807, 2.05) is 24.1 Å². The number of nitrogens with one attached hydrogen (secondary N) is 1. The van der Waals surface area contributed by atoms with E-state index in [0.29, 0.717) is 19.3 Å². The van der Waals surface area contributed by atoms with Crippen LogP contribution in [0.15, 0.2) is 41.7 Å². The van der Waals surface area contributed by atoms with Crippen molar-refractivity contribution < 1.29 is 13.2 Å². The summed E-state index contributed by atoms with van der Waals surface area (Å²) in [5.74, 6) is -0.0783. The lowest BCUT2D eigenvalue weighted by molar-refractivity contribution is -0.142. The number of benzene rings is 1. The van der Waals surface area contributed by atoms with Gasteiger partial charge in [-0.3, -0.25) is 4.79 Å². The molecule has 2 aromatic rings. The van der Waals surface area contributed by atoms with E-state index in [4.69, 9.17) is 0 Å². The van der Waals surface area contributed by atoms with Crippen LogP contribution in [0.3, 0.4) is 0 Å². The summed E-state index contributed by atoms with van der Waals surface area (Å²) in [7, 11) is -3.82. The molecule has 2 unspecified atom stereocenters. The number of aromatic nitrogens is 2. The van der Waals surface area contributed by atoms with Crippen LogP contribution in [0.1, 0.15) is 67.8 Å². The van der Waals surface area contributed by atoms with E-state index in [1.165, 1.54) is 0 Å². The third kappa shape index (κ3) is 3.55.